The summed E-state index contributed by atoms with van der Waals surface area (Å²) in [6, 6.07) is 0. The number of hydrogen-bond acceptors (Lipinski definition) is 14. The van der Waals surface area contributed by atoms with E-state index in [1.807, 2.05) is 0 Å². The van der Waals surface area contributed by atoms with Crippen LogP contribution in [0.4, 0.5) is 0 Å². The molecular formula is C10H4N10O4S. The molecule has 4 aromatic rings. The minimum Gasteiger partial charge on any atom is -0.423 e. The lowest BCUT2D eigenvalue weighted by Gasteiger charge is -2.24. The van der Waals surface area contributed by atoms with E-state index >= 15 is 0 Å². The molecule has 0 spiro atoms. The van der Waals surface area contributed by atoms with Gasteiger partial charge in [-0.2, -0.15) is 4.98 Å². The lowest BCUT2D eigenvalue weighted by molar-refractivity contribution is 0.306. The van der Waals surface area contributed by atoms with Gasteiger partial charge in [0.1, 0.15) is 16.8 Å². The van der Waals surface area contributed by atoms with Crippen molar-refractivity contribution in [3.63, 3.8) is 0 Å². The fourth-order valence-electron chi connectivity index (χ4n) is 2.21. The van der Waals surface area contributed by atoms with Crippen LogP contribution in [0.2, 0.25) is 0 Å². The third-order valence-corrected chi connectivity index (χ3v) is 5.96. The molecule has 0 bridgehead atoms. The molecule has 4 aromatic heterocycles. The Kier molecular flexibility index (Phi) is 2.80. The molecule has 1 aliphatic rings. The van der Waals surface area contributed by atoms with Gasteiger partial charge < -0.3 is 13.5 Å². The van der Waals surface area contributed by atoms with Gasteiger partial charge in [0.2, 0.25) is 17.9 Å². The Morgan fingerprint density at radius 1 is 1.04 bits per heavy atom. The molecule has 0 aliphatic carbocycles. The van der Waals surface area contributed by atoms with Crippen molar-refractivity contribution in [3.05, 3.63) is 36.8 Å². The number of aromatic nitrogens is 8. The van der Waals surface area contributed by atoms with Gasteiger partial charge in [0, 0.05) is 15.5 Å². The summed E-state index contributed by atoms with van der Waals surface area (Å²) in [5.74, 6) is 0.130. The molecule has 25 heavy (non-hydrogen) atoms. The molecule has 0 amide bonds. The smallest absolute Gasteiger partial charge is 0.257 e. The van der Waals surface area contributed by atoms with Crippen molar-refractivity contribution in [3.8, 4) is 0 Å². The molecule has 0 fully saturated rings. The zero-order chi connectivity index (χ0) is 16.7. The van der Waals surface area contributed by atoms with Gasteiger partial charge in [-0.15, -0.1) is 24.9 Å². The standard InChI is InChI=1S/C10H4N10O4S/c1-5(17-24-13-1)7-8(9-16-12-4-21-9)25(20-15-7,6-2-22-19-14-6)10-11-3-23-18-10/h1-4H. The van der Waals surface area contributed by atoms with Gasteiger partial charge in [-0.3, -0.25) is 0 Å². The Morgan fingerprint density at radius 3 is 2.72 bits per heavy atom. The maximum absolute atomic E-state index is 5.37. The summed E-state index contributed by atoms with van der Waals surface area (Å²) < 4.78 is 24.2. The van der Waals surface area contributed by atoms with Crippen LogP contribution in [-0.2, 0) is 0 Å². The fraction of sp³-hybridized carbons (Fsp3) is 0. The Labute approximate surface area is 137 Å². The quantitative estimate of drug-likeness (QED) is 0.510. The van der Waals surface area contributed by atoms with Crippen molar-refractivity contribution in [1.29, 1.82) is 0 Å². The highest BCUT2D eigenvalue weighted by atomic mass is 32.3. The third-order valence-electron chi connectivity index (χ3n) is 3.18. The molecule has 1 unspecified atom stereocenters. The first-order valence-corrected chi connectivity index (χ1v) is 8.07. The molecule has 0 saturated carbocycles. The lowest BCUT2D eigenvalue weighted by atomic mass is 10.3. The van der Waals surface area contributed by atoms with E-state index in [0.29, 0.717) is 21.3 Å². The normalized spacial score (nSPS) is 22.4. The molecule has 0 N–H and O–H groups in total. The number of nitrogens with zero attached hydrogens (tertiary/aromatic N) is 10. The van der Waals surface area contributed by atoms with Gasteiger partial charge in [-0.25, -0.2) is 4.63 Å². The monoisotopic (exact) mass is 360 g/mol. The van der Waals surface area contributed by atoms with Gasteiger partial charge in [0.25, 0.3) is 5.89 Å². The molecule has 124 valence electrons. The minimum atomic E-state index is -2.62. The van der Waals surface area contributed by atoms with Crippen LogP contribution in [0.1, 0.15) is 11.6 Å². The van der Waals surface area contributed by atoms with E-state index in [-0.39, 0.29) is 11.0 Å². The van der Waals surface area contributed by atoms with Gasteiger partial charge in [0.05, 0.1) is 0 Å². The zero-order valence-electron chi connectivity index (χ0n) is 11.8. The third kappa shape index (κ3) is 1.86. The van der Waals surface area contributed by atoms with Crippen molar-refractivity contribution in [2.24, 2.45) is 9.63 Å². The first-order chi connectivity index (χ1) is 12.4. The molecule has 1 aliphatic heterocycles. The summed E-state index contributed by atoms with van der Waals surface area (Å²) in [4.78, 5) is 4.50. The molecule has 14 nitrogen and oxygen atoms in total. The van der Waals surface area contributed by atoms with E-state index in [1.165, 1.54) is 18.9 Å². The Balaban J connectivity index is 1.86. The largest absolute Gasteiger partial charge is 0.423 e. The predicted molar refractivity (Wildman–Crippen MR) is 73.0 cm³/mol. The fourth-order valence-corrected chi connectivity index (χ4v) is 4.68. The van der Waals surface area contributed by atoms with E-state index in [9.17, 15) is 0 Å². The maximum atomic E-state index is 5.37. The van der Waals surface area contributed by atoms with Crippen LogP contribution in [0.3, 0.4) is 0 Å². The molecular weight excluding hydrogens is 356 g/mol. The molecule has 0 aromatic carbocycles. The van der Waals surface area contributed by atoms with E-state index in [4.69, 9.17) is 13.5 Å². The molecule has 5 heterocycles. The summed E-state index contributed by atoms with van der Waals surface area (Å²) in [7, 11) is -2.62. The molecule has 1 atom stereocenters. The van der Waals surface area contributed by atoms with Crippen molar-refractivity contribution >= 4 is 20.8 Å². The number of hydrogen-bond donors (Lipinski definition) is 0. The van der Waals surface area contributed by atoms with Crippen LogP contribution in [0.15, 0.2) is 63.2 Å². The first kappa shape index (κ1) is 13.7. The minimum absolute atomic E-state index is 0.130. The van der Waals surface area contributed by atoms with Gasteiger partial charge in [-0.1, -0.05) is 5.16 Å². The Hall–Kier alpha value is -3.75. The molecule has 0 saturated heterocycles. The van der Waals surface area contributed by atoms with Crippen LogP contribution in [0, 0.1) is 0 Å². The highest BCUT2D eigenvalue weighted by Crippen LogP contribution is 2.74. The second-order valence-corrected chi connectivity index (χ2v) is 6.95. The van der Waals surface area contributed by atoms with E-state index in [0.717, 1.165) is 6.39 Å². The van der Waals surface area contributed by atoms with Crippen molar-refractivity contribution in [1.82, 2.24) is 41.0 Å². The van der Waals surface area contributed by atoms with Gasteiger partial charge in [-0.05, 0) is 10.3 Å². The van der Waals surface area contributed by atoms with Crippen molar-refractivity contribution < 1.29 is 18.1 Å². The Bertz CT molecular complexity index is 1000. The summed E-state index contributed by atoms with van der Waals surface area (Å²) >= 11 is 0. The predicted octanol–water partition coefficient (Wildman–Crippen LogP) is 1.35. The molecule has 0 radical (unpaired) electrons. The second-order valence-electron chi connectivity index (χ2n) is 4.43. The van der Waals surface area contributed by atoms with Crippen LogP contribution >= 0.6 is 10.2 Å². The van der Waals surface area contributed by atoms with Gasteiger partial charge >= 0.3 is 0 Å². The summed E-state index contributed by atoms with van der Waals surface area (Å²) in [5.41, 5.74) is 0.611. The van der Waals surface area contributed by atoms with Crippen LogP contribution < -0.4 is 0 Å². The SMILES string of the molecule is c1nc(S2(c3conn3)N=NC(c3cnon3)=C2c2nnco2)no1. The van der Waals surface area contributed by atoms with E-state index in [1.54, 1.807) is 0 Å². The second kappa shape index (κ2) is 5.13. The van der Waals surface area contributed by atoms with Crippen molar-refractivity contribution in [2.75, 3.05) is 0 Å². The number of rotatable bonds is 4. The topological polar surface area (TPSA) is 180 Å². The van der Waals surface area contributed by atoms with Gasteiger partial charge in [0.15, 0.2) is 17.0 Å². The van der Waals surface area contributed by atoms with Crippen molar-refractivity contribution in [2.45, 2.75) is 10.2 Å². The average molecular weight is 360 g/mol. The zero-order valence-corrected chi connectivity index (χ0v) is 12.6. The molecule has 5 rings (SSSR count). The summed E-state index contributed by atoms with van der Waals surface area (Å²) in [6.45, 7) is 0. The maximum Gasteiger partial charge on any atom is 0.257 e. The van der Waals surface area contributed by atoms with E-state index in [2.05, 4.69) is 55.3 Å². The highest BCUT2D eigenvalue weighted by Gasteiger charge is 2.49. The van der Waals surface area contributed by atoms with Crippen LogP contribution in [-0.4, -0.2) is 41.0 Å². The Morgan fingerprint density at radius 2 is 2.04 bits per heavy atom. The first-order valence-electron chi connectivity index (χ1n) is 6.48. The summed E-state index contributed by atoms with van der Waals surface area (Å²) in [5, 5.41) is 31.1. The van der Waals surface area contributed by atoms with E-state index < -0.39 is 10.2 Å². The average Bonchev–Trinajstić information content (AvgIpc) is 3.49. The highest BCUT2D eigenvalue weighted by molar-refractivity contribution is 8.40. The lowest BCUT2D eigenvalue weighted by Crippen LogP contribution is -2.04. The molecule has 15 heteroatoms. The van der Waals surface area contributed by atoms with Crippen LogP contribution in [0.5, 0.6) is 0 Å². The van der Waals surface area contributed by atoms with Crippen LogP contribution in [0.25, 0.3) is 10.6 Å². The summed E-state index contributed by atoms with van der Waals surface area (Å²) in [6.07, 6.45) is 5.01.